The summed E-state index contributed by atoms with van der Waals surface area (Å²) in [4.78, 5) is 4.82. The standard InChI is InChI=1S/C20H23FN4O/c21-8-14-26-20-6-4-18(5-7-20)24-12-10-23(11-13-24)16-17-15-19-3-1-2-9-25(19)22-17/h1-7,9,15H,8,10-14,16H2/i21-1. The number of aromatic nitrogens is 2. The van der Waals surface area contributed by atoms with Crippen LogP contribution in [-0.4, -0.2) is 54.0 Å². The van der Waals surface area contributed by atoms with Gasteiger partial charge in [-0.1, -0.05) is 6.07 Å². The van der Waals surface area contributed by atoms with Crippen molar-refractivity contribution in [3.8, 4) is 5.75 Å². The molecule has 1 fully saturated rings. The molecule has 0 unspecified atom stereocenters. The number of pyridine rings is 1. The molecule has 1 aliphatic heterocycles. The Hall–Kier alpha value is -2.60. The normalized spacial score (nSPS) is 15.5. The quantitative estimate of drug-likeness (QED) is 0.682. The van der Waals surface area contributed by atoms with Gasteiger partial charge in [-0.2, -0.15) is 5.10 Å². The highest BCUT2D eigenvalue weighted by atomic mass is 18.2. The molecule has 0 N–H and O–H groups in total. The maximum absolute atomic E-state index is 12.2. The monoisotopic (exact) mass is 353 g/mol. The fourth-order valence-electron chi connectivity index (χ4n) is 3.37. The second-order valence-corrected chi connectivity index (χ2v) is 6.50. The molecule has 136 valence electrons. The van der Waals surface area contributed by atoms with Crippen LogP contribution in [0.3, 0.4) is 0 Å². The molecule has 0 aliphatic carbocycles. The van der Waals surface area contributed by atoms with E-state index in [9.17, 15) is 4.39 Å². The zero-order valence-electron chi connectivity index (χ0n) is 14.7. The van der Waals surface area contributed by atoms with Crippen molar-refractivity contribution in [2.75, 3.05) is 44.4 Å². The zero-order valence-corrected chi connectivity index (χ0v) is 14.7. The van der Waals surface area contributed by atoms with E-state index in [2.05, 4.69) is 27.0 Å². The van der Waals surface area contributed by atoms with Crippen LogP contribution in [0.15, 0.2) is 54.7 Å². The third-order valence-corrected chi connectivity index (χ3v) is 4.73. The van der Waals surface area contributed by atoms with E-state index in [1.807, 2.05) is 47.1 Å². The fourth-order valence-corrected chi connectivity index (χ4v) is 3.37. The highest BCUT2D eigenvalue weighted by molar-refractivity contribution is 5.49. The minimum absolute atomic E-state index is 0.112. The largest absolute Gasteiger partial charge is 0.491 e. The van der Waals surface area contributed by atoms with Crippen molar-refractivity contribution in [2.45, 2.75) is 6.54 Å². The van der Waals surface area contributed by atoms with E-state index in [4.69, 9.17) is 4.74 Å². The molecule has 1 saturated heterocycles. The molecule has 26 heavy (non-hydrogen) atoms. The lowest BCUT2D eigenvalue weighted by molar-refractivity contribution is 0.246. The van der Waals surface area contributed by atoms with Gasteiger partial charge in [-0.15, -0.1) is 0 Å². The van der Waals surface area contributed by atoms with E-state index in [0.717, 1.165) is 49.7 Å². The van der Waals surface area contributed by atoms with Gasteiger partial charge in [0.2, 0.25) is 0 Å². The summed E-state index contributed by atoms with van der Waals surface area (Å²) in [5.74, 6) is 0.719. The summed E-state index contributed by atoms with van der Waals surface area (Å²) in [5.41, 5.74) is 3.43. The van der Waals surface area contributed by atoms with E-state index in [-0.39, 0.29) is 6.61 Å². The van der Waals surface area contributed by atoms with Crippen LogP contribution in [0.5, 0.6) is 5.75 Å². The average molecular weight is 353 g/mol. The predicted octanol–water partition coefficient (Wildman–Crippen LogP) is 3.00. The number of halogens is 1. The van der Waals surface area contributed by atoms with Gasteiger partial charge in [-0.3, -0.25) is 4.90 Å². The number of ether oxygens (including phenoxy) is 1. The Balaban J connectivity index is 1.32. The summed E-state index contributed by atoms with van der Waals surface area (Å²) in [5, 5.41) is 4.64. The van der Waals surface area contributed by atoms with Gasteiger partial charge in [-0.05, 0) is 42.5 Å². The van der Waals surface area contributed by atoms with E-state index in [1.54, 1.807) is 0 Å². The van der Waals surface area contributed by atoms with Crippen LogP contribution >= 0.6 is 0 Å². The van der Waals surface area contributed by atoms with Gasteiger partial charge >= 0.3 is 0 Å². The molecule has 0 atom stereocenters. The van der Waals surface area contributed by atoms with Crippen molar-refractivity contribution in [2.24, 2.45) is 0 Å². The molecular weight excluding hydrogens is 330 g/mol. The van der Waals surface area contributed by atoms with E-state index < -0.39 is 6.67 Å². The minimum Gasteiger partial charge on any atom is -0.491 e. The third kappa shape index (κ3) is 3.80. The Morgan fingerprint density at radius 2 is 1.81 bits per heavy atom. The van der Waals surface area contributed by atoms with Crippen molar-refractivity contribution in [1.29, 1.82) is 0 Å². The molecule has 5 nitrogen and oxygen atoms in total. The van der Waals surface area contributed by atoms with E-state index >= 15 is 0 Å². The van der Waals surface area contributed by atoms with Crippen molar-refractivity contribution in [3.63, 3.8) is 0 Å². The highest BCUT2D eigenvalue weighted by Crippen LogP contribution is 2.21. The number of alkyl halides is 1. The fraction of sp³-hybridized carbons (Fsp3) is 0.350. The Morgan fingerprint density at radius 3 is 2.54 bits per heavy atom. The number of hydrogen-bond donors (Lipinski definition) is 0. The minimum atomic E-state index is -0.462. The van der Waals surface area contributed by atoms with Crippen molar-refractivity contribution >= 4 is 11.2 Å². The Labute approximate surface area is 152 Å². The first kappa shape index (κ1) is 16.8. The molecule has 3 heterocycles. The zero-order chi connectivity index (χ0) is 17.8. The van der Waals surface area contributed by atoms with Crippen LogP contribution < -0.4 is 9.64 Å². The van der Waals surface area contributed by atoms with Gasteiger partial charge in [-0.25, -0.2) is 8.91 Å². The summed E-state index contributed by atoms with van der Waals surface area (Å²) >= 11 is 0. The summed E-state index contributed by atoms with van der Waals surface area (Å²) in [7, 11) is 0. The van der Waals surface area contributed by atoms with Crippen LogP contribution in [0.4, 0.5) is 10.1 Å². The smallest absolute Gasteiger partial charge is 0.123 e. The summed E-state index contributed by atoms with van der Waals surface area (Å²) in [6, 6.07) is 16.2. The van der Waals surface area contributed by atoms with Gasteiger partial charge < -0.3 is 9.64 Å². The third-order valence-electron chi connectivity index (χ3n) is 4.73. The second kappa shape index (κ2) is 7.74. The van der Waals surface area contributed by atoms with Crippen LogP contribution in [0, 0.1) is 0 Å². The molecular formula is C20H23FN4O. The molecule has 0 spiro atoms. The highest BCUT2D eigenvalue weighted by Gasteiger charge is 2.18. The van der Waals surface area contributed by atoms with Gasteiger partial charge in [0.25, 0.3) is 0 Å². The predicted molar refractivity (Wildman–Crippen MR) is 101 cm³/mol. The number of piperazine rings is 1. The number of hydrogen-bond acceptors (Lipinski definition) is 4. The molecule has 1 aliphatic rings. The van der Waals surface area contributed by atoms with Crippen LogP contribution in [0.25, 0.3) is 5.52 Å². The van der Waals surface area contributed by atoms with Crippen molar-refractivity contribution in [1.82, 2.24) is 14.5 Å². The van der Waals surface area contributed by atoms with Crippen molar-refractivity contribution < 1.29 is 9.13 Å². The molecule has 1 aromatic carbocycles. The molecule has 2 aromatic heterocycles. The number of fused-ring (bicyclic) bond motifs is 1. The lowest BCUT2D eigenvalue weighted by Crippen LogP contribution is -2.46. The lowest BCUT2D eigenvalue weighted by Gasteiger charge is -2.35. The number of benzene rings is 1. The maximum Gasteiger partial charge on any atom is 0.123 e. The number of nitrogens with zero attached hydrogens (tertiary/aromatic N) is 4. The Morgan fingerprint density at radius 1 is 1.00 bits per heavy atom. The molecule has 3 aromatic rings. The first-order chi connectivity index (χ1) is 12.8. The first-order valence-electron chi connectivity index (χ1n) is 9.01. The molecule has 0 radical (unpaired) electrons. The van der Waals surface area contributed by atoms with Crippen LogP contribution in [0.2, 0.25) is 0 Å². The van der Waals surface area contributed by atoms with E-state index in [1.165, 1.54) is 5.69 Å². The number of anilines is 1. The summed E-state index contributed by atoms with van der Waals surface area (Å²) in [6.45, 7) is 4.51. The van der Waals surface area contributed by atoms with Crippen molar-refractivity contribution in [3.05, 3.63) is 60.4 Å². The Kier molecular flexibility index (Phi) is 5.02. The average Bonchev–Trinajstić information content (AvgIpc) is 3.10. The summed E-state index contributed by atoms with van der Waals surface area (Å²) in [6.07, 6.45) is 1.98. The number of rotatable bonds is 6. The topological polar surface area (TPSA) is 33.0 Å². The van der Waals surface area contributed by atoms with Crippen LogP contribution in [-0.2, 0) is 6.54 Å². The lowest BCUT2D eigenvalue weighted by atomic mass is 10.2. The maximum atomic E-state index is 12.2. The molecule has 0 amide bonds. The Bertz CT molecular complexity index is 807. The first-order valence-corrected chi connectivity index (χ1v) is 9.01. The van der Waals surface area contributed by atoms with Gasteiger partial charge in [0.15, 0.2) is 0 Å². The molecule has 0 bridgehead atoms. The van der Waals surface area contributed by atoms with Crippen LogP contribution in [0.1, 0.15) is 5.69 Å². The van der Waals surface area contributed by atoms with Gasteiger partial charge in [0, 0.05) is 44.6 Å². The van der Waals surface area contributed by atoms with E-state index in [0.29, 0.717) is 0 Å². The molecule has 0 saturated carbocycles. The summed E-state index contributed by atoms with van der Waals surface area (Å²) < 4.78 is 19.4. The molecule has 6 heteroatoms. The van der Waals surface area contributed by atoms with Gasteiger partial charge in [0.1, 0.15) is 19.0 Å². The second-order valence-electron chi connectivity index (χ2n) is 6.50. The SMILES string of the molecule is [18F]CCOc1ccc(N2CCN(Cc3cc4ccccn4n3)CC2)cc1. The van der Waals surface area contributed by atoms with Gasteiger partial charge in [0.05, 0.1) is 11.2 Å². The molecule has 4 rings (SSSR count).